The summed E-state index contributed by atoms with van der Waals surface area (Å²) >= 11 is 3.51. The number of carbonyl (C=O) groups is 2. The number of benzene rings is 2. The van der Waals surface area contributed by atoms with E-state index in [1.165, 1.54) is 12.0 Å². The molecule has 1 aliphatic heterocycles. The van der Waals surface area contributed by atoms with Crippen LogP contribution in [0.25, 0.3) is 0 Å². The zero-order valence-corrected chi connectivity index (χ0v) is 15.8. The lowest BCUT2D eigenvalue weighted by atomic mass is 9.89. The highest BCUT2D eigenvalue weighted by Gasteiger charge is 2.52. The second-order valence-corrected chi connectivity index (χ2v) is 6.68. The number of rotatable bonds is 6. The van der Waals surface area contributed by atoms with Gasteiger partial charge in [-0.2, -0.15) is 0 Å². The molecule has 0 aromatic heterocycles. The van der Waals surface area contributed by atoms with Crippen LogP contribution in [-0.2, 0) is 25.7 Å². The molecule has 134 valence electrons. The number of ether oxygens (including phenoxy) is 2. The van der Waals surface area contributed by atoms with Gasteiger partial charge >= 0.3 is 5.97 Å². The van der Waals surface area contributed by atoms with Gasteiger partial charge in [0.2, 0.25) is 0 Å². The summed E-state index contributed by atoms with van der Waals surface area (Å²) in [5.74, 6) is -0.950. The Morgan fingerprint density at radius 3 is 2.46 bits per heavy atom. The van der Waals surface area contributed by atoms with Crippen LogP contribution in [0.15, 0.2) is 71.3 Å². The quantitative estimate of drug-likeness (QED) is 0.410. The van der Waals surface area contributed by atoms with Crippen molar-refractivity contribution in [1.82, 2.24) is 4.90 Å². The lowest BCUT2D eigenvalue weighted by molar-refractivity contribution is -0.175. The largest absolute Gasteiger partial charge is 0.464 e. The Labute approximate surface area is 160 Å². The first-order valence-corrected chi connectivity index (χ1v) is 8.84. The molecule has 0 radical (unpaired) electrons. The van der Waals surface area contributed by atoms with Gasteiger partial charge in [-0.1, -0.05) is 71.0 Å². The summed E-state index contributed by atoms with van der Waals surface area (Å²) in [6.45, 7) is 4.02. The van der Waals surface area contributed by atoms with Gasteiger partial charge in [-0.05, 0) is 17.2 Å². The van der Waals surface area contributed by atoms with Gasteiger partial charge in [-0.15, -0.1) is 0 Å². The van der Waals surface area contributed by atoms with Crippen LogP contribution < -0.4 is 0 Å². The van der Waals surface area contributed by atoms with Crippen molar-refractivity contribution in [2.24, 2.45) is 0 Å². The normalized spacial score (nSPS) is 19.0. The predicted octanol–water partition coefficient (Wildman–Crippen LogP) is 3.60. The molecule has 0 saturated carbocycles. The number of hydrogen-bond acceptors (Lipinski definition) is 4. The maximum atomic E-state index is 12.7. The highest BCUT2D eigenvalue weighted by Crippen LogP contribution is 2.42. The van der Waals surface area contributed by atoms with Gasteiger partial charge in [0, 0.05) is 4.47 Å². The monoisotopic (exact) mass is 415 g/mol. The van der Waals surface area contributed by atoms with Crippen LogP contribution in [0.3, 0.4) is 0 Å². The first-order chi connectivity index (χ1) is 12.5. The summed E-state index contributed by atoms with van der Waals surface area (Å²) in [6, 6.07) is 16.7. The Hall–Kier alpha value is -2.44. The van der Waals surface area contributed by atoms with Gasteiger partial charge in [-0.3, -0.25) is 9.69 Å². The molecule has 1 heterocycles. The molecular weight excluding hydrogens is 398 g/mol. The number of carbonyl (C=O) groups excluding carboxylic acids is 2. The smallest absolute Gasteiger partial charge is 0.354 e. The molecule has 1 fully saturated rings. The molecule has 0 unspecified atom stereocenters. The van der Waals surface area contributed by atoms with Gasteiger partial charge in [0.1, 0.15) is 5.70 Å². The molecule has 0 N–H and O–H groups in total. The summed E-state index contributed by atoms with van der Waals surface area (Å²) in [5, 5.41) is 0. The standard InChI is InChI=1S/C20H18BrNO4/c1-13(20(24)25-2)22-17(15-10-6-7-11-16(15)21)18(19(22)23)26-12-14-8-4-3-5-9-14/h3-11,17-18H,1,12H2,2H3/t17-,18-/m1/s1. The summed E-state index contributed by atoms with van der Waals surface area (Å²) in [6.07, 6.45) is -0.699. The van der Waals surface area contributed by atoms with Crippen molar-refractivity contribution in [3.05, 3.63) is 82.5 Å². The Balaban J connectivity index is 1.86. The summed E-state index contributed by atoms with van der Waals surface area (Å²) in [7, 11) is 1.26. The maximum Gasteiger partial charge on any atom is 0.354 e. The van der Waals surface area contributed by atoms with E-state index in [0.29, 0.717) is 6.61 Å². The second kappa shape index (κ2) is 7.85. The van der Waals surface area contributed by atoms with Gasteiger partial charge in [0.25, 0.3) is 5.91 Å². The first-order valence-electron chi connectivity index (χ1n) is 8.05. The Morgan fingerprint density at radius 2 is 1.81 bits per heavy atom. The fourth-order valence-corrected chi connectivity index (χ4v) is 3.44. The molecule has 26 heavy (non-hydrogen) atoms. The van der Waals surface area contributed by atoms with E-state index in [4.69, 9.17) is 9.47 Å². The number of esters is 1. The first kappa shape index (κ1) is 18.4. The fraction of sp³-hybridized carbons (Fsp3) is 0.200. The third-order valence-corrected chi connectivity index (χ3v) is 4.98. The van der Waals surface area contributed by atoms with E-state index in [1.54, 1.807) is 0 Å². The summed E-state index contributed by atoms with van der Waals surface area (Å²) in [4.78, 5) is 25.9. The zero-order chi connectivity index (χ0) is 18.7. The molecule has 1 amide bonds. The van der Waals surface area contributed by atoms with E-state index in [9.17, 15) is 9.59 Å². The van der Waals surface area contributed by atoms with Crippen molar-refractivity contribution >= 4 is 27.8 Å². The molecule has 2 aromatic carbocycles. The van der Waals surface area contributed by atoms with Crippen molar-refractivity contribution < 1.29 is 19.1 Å². The molecule has 1 saturated heterocycles. The third kappa shape index (κ3) is 3.43. The van der Waals surface area contributed by atoms with E-state index >= 15 is 0 Å². The molecule has 2 aromatic rings. The lowest BCUT2D eigenvalue weighted by Gasteiger charge is -2.47. The van der Waals surface area contributed by atoms with Crippen LogP contribution in [0.4, 0.5) is 0 Å². The van der Waals surface area contributed by atoms with E-state index < -0.39 is 18.1 Å². The Kier molecular flexibility index (Phi) is 5.54. The molecule has 2 atom stereocenters. The van der Waals surface area contributed by atoms with Crippen molar-refractivity contribution in [2.75, 3.05) is 7.11 Å². The number of β-lactam (4-membered cyclic amide) rings is 1. The van der Waals surface area contributed by atoms with Crippen LogP contribution in [0.5, 0.6) is 0 Å². The van der Waals surface area contributed by atoms with E-state index in [1.807, 2.05) is 54.6 Å². The van der Waals surface area contributed by atoms with E-state index in [-0.39, 0.29) is 11.6 Å². The molecule has 5 nitrogen and oxygen atoms in total. The van der Waals surface area contributed by atoms with Crippen molar-refractivity contribution in [3.8, 4) is 0 Å². The van der Waals surface area contributed by atoms with E-state index in [0.717, 1.165) is 15.6 Å². The zero-order valence-electron chi connectivity index (χ0n) is 14.2. The number of halogens is 1. The minimum absolute atomic E-state index is 0.00202. The topological polar surface area (TPSA) is 55.8 Å². The van der Waals surface area contributed by atoms with Gasteiger partial charge in [0.05, 0.1) is 19.8 Å². The van der Waals surface area contributed by atoms with Crippen molar-refractivity contribution in [1.29, 1.82) is 0 Å². The average molecular weight is 416 g/mol. The maximum absolute atomic E-state index is 12.7. The van der Waals surface area contributed by atoms with Crippen LogP contribution in [0.2, 0.25) is 0 Å². The minimum atomic E-state index is -0.699. The molecule has 3 rings (SSSR count). The SMILES string of the molecule is C=C(C(=O)OC)N1C(=O)[C@H](OCc2ccccc2)[C@H]1c1ccccc1Br. The second-order valence-electron chi connectivity index (χ2n) is 5.83. The van der Waals surface area contributed by atoms with Gasteiger partial charge in [-0.25, -0.2) is 4.79 Å². The highest BCUT2D eigenvalue weighted by atomic mass is 79.9. The van der Waals surface area contributed by atoms with Crippen molar-refractivity contribution in [2.45, 2.75) is 18.8 Å². The van der Waals surface area contributed by atoms with Gasteiger partial charge in [0.15, 0.2) is 6.10 Å². The van der Waals surface area contributed by atoms with Crippen LogP contribution >= 0.6 is 15.9 Å². The number of amides is 1. The average Bonchev–Trinajstić information content (AvgIpc) is 2.66. The number of likely N-dealkylation sites (tertiary alicyclic amines) is 1. The molecular formula is C20H18BrNO4. The Bertz CT molecular complexity index is 837. The van der Waals surface area contributed by atoms with E-state index in [2.05, 4.69) is 22.5 Å². The van der Waals surface area contributed by atoms with Crippen LogP contribution in [0.1, 0.15) is 17.2 Å². The van der Waals surface area contributed by atoms with Crippen LogP contribution in [0, 0.1) is 0 Å². The number of hydrogen-bond donors (Lipinski definition) is 0. The molecule has 1 aliphatic rings. The minimum Gasteiger partial charge on any atom is -0.464 e. The Morgan fingerprint density at radius 1 is 1.15 bits per heavy atom. The van der Waals surface area contributed by atoms with Crippen molar-refractivity contribution in [3.63, 3.8) is 0 Å². The predicted molar refractivity (Wildman–Crippen MR) is 99.9 cm³/mol. The molecule has 0 aliphatic carbocycles. The molecule has 6 heteroatoms. The highest BCUT2D eigenvalue weighted by molar-refractivity contribution is 9.10. The molecule has 0 bridgehead atoms. The fourth-order valence-electron chi connectivity index (χ4n) is 2.92. The number of nitrogens with zero attached hydrogens (tertiary/aromatic N) is 1. The summed E-state index contributed by atoms with van der Waals surface area (Å²) in [5.41, 5.74) is 1.81. The lowest BCUT2D eigenvalue weighted by Crippen LogP contribution is -2.60. The molecule has 0 spiro atoms. The van der Waals surface area contributed by atoms with Gasteiger partial charge < -0.3 is 9.47 Å². The van der Waals surface area contributed by atoms with Crippen LogP contribution in [-0.4, -0.2) is 30.0 Å². The number of methoxy groups -OCH3 is 1. The summed E-state index contributed by atoms with van der Waals surface area (Å²) < 4.78 is 11.4. The third-order valence-electron chi connectivity index (χ3n) is 4.25.